The van der Waals surface area contributed by atoms with E-state index >= 15 is 0 Å². The van der Waals surface area contributed by atoms with Crippen LogP contribution in [0.15, 0.2) is 96.0 Å². The third-order valence-electron chi connectivity index (χ3n) is 5.71. The highest BCUT2D eigenvalue weighted by Crippen LogP contribution is 2.45. The van der Waals surface area contributed by atoms with Crippen LogP contribution in [0, 0.1) is 0 Å². The monoisotopic (exact) mass is 446 g/mol. The van der Waals surface area contributed by atoms with E-state index in [0.717, 1.165) is 22.9 Å². The lowest BCUT2D eigenvalue weighted by Crippen LogP contribution is -2.27. The molecule has 1 fully saturated rings. The molecule has 0 spiro atoms. The largest absolute Gasteiger partial charge is 0.445 e. The van der Waals surface area contributed by atoms with Gasteiger partial charge in [0, 0.05) is 23.5 Å². The highest BCUT2D eigenvalue weighted by Gasteiger charge is 2.42. The zero-order chi connectivity index (χ0) is 22.1. The van der Waals surface area contributed by atoms with Gasteiger partial charge in [0.05, 0.1) is 10.4 Å². The Kier molecular flexibility index (Phi) is 5.19. The first-order valence-corrected chi connectivity index (χ1v) is 11.9. The minimum atomic E-state index is -3.73. The molecule has 7 heteroatoms. The van der Waals surface area contributed by atoms with Crippen molar-refractivity contribution in [1.82, 2.24) is 9.29 Å². The number of alkyl carbamates (subject to hydrolysis) is 1. The molecule has 1 aliphatic rings. The normalized spacial score (nSPS) is 17.8. The maximum Gasteiger partial charge on any atom is 0.407 e. The minimum Gasteiger partial charge on any atom is -0.445 e. The van der Waals surface area contributed by atoms with Crippen LogP contribution in [0.5, 0.6) is 0 Å². The predicted octanol–water partition coefficient (Wildman–Crippen LogP) is 4.66. The summed E-state index contributed by atoms with van der Waals surface area (Å²) in [5, 5.41) is 3.77. The Balaban J connectivity index is 1.35. The van der Waals surface area contributed by atoms with Gasteiger partial charge in [-0.05, 0) is 35.7 Å². The quantitative estimate of drug-likeness (QED) is 0.467. The van der Waals surface area contributed by atoms with Crippen LogP contribution >= 0.6 is 0 Å². The molecular formula is C25H22N2O4S. The van der Waals surface area contributed by atoms with Gasteiger partial charge >= 0.3 is 6.09 Å². The van der Waals surface area contributed by atoms with E-state index in [1.54, 1.807) is 42.6 Å². The summed E-state index contributed by atoms with van der Waals surface area (Å²) in [5.41, 5.74) is 2.46. The molecule has 1 amide bonds. The maximum atomic E-state index is 13.3. The summed E-state index contributed by atoms with van der Waals surface area (Å²) >= 11 is 0. The topological polar surface area (TPSA) is 77.4 Å². The van der Waals surface area contributed by atoms with Crippen molar-refractivity contribution in [3.05, 3.63) is 102 Å². The molecule has 2 atom stereocenters. The van der Waals surface area contributed by atoms with E-state index in [4.69, 9.17) is 4.74 Å². The molecule has 1 aliphatic carbocycles. The Bertz CT molecular complexity index is 1370. The van der Waals surface area contributed by atoms with Gasteiger partial charge in [0.15, 0.2) is 0 Å². The van der Waals surface area contributed by atoms with Crippen LogP contribution < -0.4 is 5.32 Å². The first-order valence-electron chi connectivity index (χ1n) is 10.4. The van der Waals surface area contributed by atoms with Crippen molar-refractivity contribution in [3.8, 4) is 0 Å². The molecule has 0 saturated heterocycles. The van der Waals surface area contributed by atoms with E-state index in [0.29, 0.717) is 5.52 Å². The minimum absolute atomic E-state index is 0.0383. The van der Waals surface area contributed by atoms with Crippen molar-refractivity contribution >= 4 is 27.0 Å². The van der Waals surface area contributed by atoms with Gasteiger partial charge in [0.1, 0.15) is 6.61 Å². The van der Waals surface area contributed by atoms with Crippen LogP contribution in [-0.4, -0.2) is 24.5 Å². The van der Waals surface area contributed by atoms with Crippen LogP contribution in [0.3, 0.4) is 0 Å². The summed E-state index contributed by atoms with van der Waals surface area (Å²) in [6.07, 6.45) is 1.95. The second-order valence-electron chi connectivity index (χ2n) is 7.87. The van der Waals surface area contributed by atoms with Gasteiger partial charge in [-0.15, -0.1) is 0 Å². The fourth-order valence-electron chi connectivity index (χ4n) is 3.99. The molecule has 1 heterocycles. The summed E-state index contributed by atoms with van der Waals surface area (Å²) in [6.45, 7) is 0.207. The molecule has 1 N–H and O–H groups in total. The molecule has 3 aromatic carbocycles. The van der Waals surface area contributed by atoms with E-state index in [9.17, 15) is 13.2 Å². The van der Waals surface area contributed by atoms with Crippen molar-refractivity contribution in [2.45, 2.75) is 29.9 Å². The number of nitrogens with zero attached hydrogens (tertiary/aromatic N) is 1. The maximum absolute atomic E-state index is 13.3. The smallest absolute Gasteiger partial charge is 0.407 e. The van der Waals surface area contributed by atoms with Gasteiger partial charge in [-0.1, -0.05) is 66.7 Å². The first kappa shape index (κ1) is 20.3. The van der Waals surface area contributed by atoms with Gasteiger partial charge in [-0.2, -0.15) is 0 Å². The molecule has 4 aromatic rings. The number of rotatable bonds is 6. The van der Waals surface area contributed by atoms with Crippen LogP contribution in [0.2, 0.25) is 0 Å². The lowest BCUT2D eigenvalue weighted by Gasteiger charge is -2.07. The summed E-state index contributed by atoms with van der Waals surface area (Å²) in [4.78, 5) is 12.5. The van der Waals surface area contributed by atoms with Crippen molar-refractivity contribution < 1.29 is 17.9 Å². The van der Waals surface area contributed by atoms with Crippen LogP contribution in [-0.2, 0) is 21.4 Å². The Morgan fingerprint density at radius 1 is 0.938 bits per heavy atom. The number of amides is 1. The molecule has 0 aliphatic heterocycles. The highest BCUT2D eigenvalue weighted by molar-refractivity contribution is 7.90. The lowest BCUT2D eigenvalue weighted by atomic mass is 10.1. The number of para-hydroxylation sites is 1. The SMILES string of the molecule is O=C(N[C@@H]1C[C@H]1c1cn(S(=O)(=O)c2ccccc2)c2ccccc12)OCc1ccccc1. The number of hydrogen-bond acceptors (Lipinski definition) is 4. The Hall–Kier alpha value is -3.58. The molecular weight excluding hydrogens is 424 g/mol. The van der Waals surface area contributed by atoms with Gasteiger partial charge in [0.25, 0.3) is 10.0 Å². The molecule has 32 heavy (non-hydrogen) atoms. The number of ether oxygens (including phenoxy) is 1. The van der Waals surface area contributed by atoms with Crippen molar-refractivity contribution in [1.29, 1.82) is 0 Å². The van der Waals surface area contributed by atoms with Gasteiger partial charge < -0.3 is 10.1 Å². The van der Waals surface area contributed by atoms with Gasteiger partial charge in [0.2, 0.25) is 0 Å². The molecule has 6 nitrogen and oxygen atoms in total. The van der Waals surface area contributed by atoms with E-state index in [1.165, 1.54) is 3.97 Å². The zero-order valence-electron chi connectivity index (χ0n) is 17.2. The van der Waals surface area contributed by atoms with Crippen LogP contribution in [0.25, 0.3) is 10.9 Å². The fraction of sp³-hybridized carbons (Fsp3) is 0.160. The third kappa shape index (κ3) is 3.87. The van der Waals surface area contributed by atoms with E-state index in [1.807, 2.05) is 48.5 Å². The number of aromatic nitrogens is 1. The number of fused-ring (bicyclic) bond motifs is 1. The second-order valence-corrected chi connectivity index (χ2v) is 9.69. The van der Waals surface area contributed by atoms with Crippen molar-refractivity contribution in [2.24, 2.45) is 0 Å². The van der Waals surface area contributed by atoms with Crippen molar-refractivity contribution in [3.63, 3.8) is 0 Å². The average molecular weight is 447 g/mol. The summed E-state index contributed by atoms with van der Waals surface area (Å²) < 4.78 is 33.2. The Morgan fingerprint density at radius 3 is 2.34 bits per heavy atom. The molecule has 0 radical (unpaired) electrons. The van der Waals surface area contributed by atoms with Crippen LogP contribution in [0.1, 0.15) is 23.5 Å². The van der Waals surface area contributed by atoms with Gasteiger partial charge in [-0.3, -0.25) is 0 Å². The number of benzene rings is 3. The molecule has 0 unspecified atom stereocenters. The molecule has 0 bridgehead atoms. The summed E-state index contributed by atoms with van der Waals surface area (Å²) in [7, 11) is -3.73. The predicted molar refractivity (Wildman–Crippen MR) is 122 cm³/mol. The van der Waals surface area contributed by atoms with E-state index < -0.39 is 16.1 Å². The fourth-order valence-corrected chi connectivity index (χ4v) is 5.39. The van der Waals surface area contributed by atoms with E-state index in [2.05, 4.69) is 5.32 Å². The standard InChI is InChI=1S/C25H22N2O4S/c28-25(31-17-18-9-3-1-4-10-18)26-23-15-21(23)22-16-27(24-14-8-7-13-20(22)24)32(29,30)19-11-5-2-6-12-19/h1-14,16,21,23H,15,17H2,(H,26,28)/t21-,23+/m0/s1. The molecule has 1 saturated carbocycles. The zero-order valence-corrected chi connectivity index (χ0v) is 18.0. The van der Waals surface area contributed by atoms with Crippen LogP contribution in [0.4, 0.5) is 4.79 Å². The second kappa shape index (κ2) is 8.16. The average Bonchev–Trinajstić information content (AvgIpc) is 3.46. The van der Waals surface area contributed by atoms with E-state index in [-0.39, 0.29) is 23.5 Å². The Morgan fingerprint density at radius 2 is 1.59 bits per heavy atom. The highest BCUT2D eigenvalue weighted by atomic mass is 32.2. The summed E-state index contributed by atoms with van der Waals surface area (Å²) in [6, 6.07) is 25.2. The van der Waals surface area contributed by atoms with Gasteiger partial charge in [-0.25, -0.2) is 17.2 Å². The number of carbonyl (C=O) groups excluding carboxylic acids is 1. The van der Waals surface area contributed by atoms with Crippen molar-refractivity contribution in [2.75, 3.05) is 0 Å². The number of hydrogen-bond donors (Lipinski definition) is 1. The summed E-state index contributed by atoms with van der Waals surface area (Å²) in [5.74, 6) is 0.0383. The molecule has 162 valence electrons. The molecule has 1 aromatic heterocycles. The number of nitrogens with one attached hydrogen (secondary N) is 1. The number of carbonyl (C=O) groups is 1. The lowest BCUT2D eigenvalue weighted by molar-refractivity contribution is 0.139. The molecule has 5 rings (SSSR count). The first-order chi connectivity index (χ1) is 15.5. The third-order valence-corrected chi connectivity index (χ3v) is 7.40. The Labute approximate surface area is 186 Å².